The van der Waals surface area contributed by atoms with Gasteiger partial charge in [0.15, 0.2) is 0 Å². The summed E-state index contributed by atoms with van der Waals surface area (Å²) >= 11 is 0. The van der Waals surface area contributed by atoms with Crippen molar-refractivity contribution < 1.29 is 16.8 Å². The van der Waals surface area contributed by atoms with Crippen LogP contribution >= 0.6 is 0 Å². The van der Waals surface area contributed by atoms with E-state index in [1.807, 2.05) is 6.92 Å². The Labute approximate surface area is 126 Å². The van der Waals surface area contributed by atoms with E-state index in [-0.39, 0.29) is 5.75 Å². The van der Waals surface area contributed by atoms with Gasteiger partial charge in [-0.3, -0.25) is 9.03 Å². The van der Waals surface area contributed by atoms with Crippen molar-refractivity contribution in [2.24, 2.45) is 0 Å². The third-order valence-electron chi connectivity index (χ3n) is 3.26. The molecule has 6 nitrogen and oxygen atoms in total. The summed E-state index contributed by atoms with van der Waals surface area (Å²) in [6.45, 7) is 2.27. The van der Waals surface area contributed by atoms with Crippen LogP contribution in [0.4, 0.5) is 11.4 Å². The molecule has 1 N–H and O–H groups in total. The maximum Gasteiger partial charge on any atom is 0.235 e. The minimum Gasteiger partial charge on any atom is -0.284 e. The average Bonchev–Trinajstić information content (AvgIpc) is 2.35. The van der Waals surface area contributed by atoms with Gasteiger partial charge in [-0.1, -0.05) is 13.0 Å². The van der Waals surface area contributed by atoms with E-state index in [0.717, 1.165) is 24.7 Å². The van der Waals surface area contributed by atoms with Crippen molar-refractivity contribution in [3.63, 3.8) is 0 Å². The number of nitrogens with one attached hydrogen (secondary N) is 1. The van der Waals surface area contributed by atoms with Crippen LogP contribution in [0.15, 0.2) is 18.2 Å². The van der Waals surface area contributed by atoms with Crippen molar-refractivity contribution >= 4 is 31.4 Å². The van der Waals surface area contributed by atoms with Gasteiger partial charge < -0.3 is 0 Å². The molecule has 0 bridgehead atoms. The Morgan fingerprint density at radius 2 is 1.95 bits per heavy atom. The van der Waals surface area contributed by atoms with Gasteiger partial charge in [-0.05, 0) is 37.0 Å². The molecular weight excluding hydrogens is 312 g/mol. The van der Waals surface area contributed by atoms with Gasteiger partial charge >= 0.3 is 0 Å². The number of hydrogen-bond donors (Lipinski definition) is 1. The highest BCUT2D eigenvalue weighted by atomic mass is 32.2. The molecule has 1 aromatic rings. The predicted molar refractivity (Wildman–Crippen MR) is 84.7 cm³/mol. The molecule has 0 unspecified atom stereocenters. The monoisotopic (exact) mass is 332 g/mol. The molecule has 0 atom stereocenters. The van der Waals surface area contributed by atoms with E-state index in [2.05, 4.69) is 4.72 Å². The molecule has 0 saturated heterocycles. The SMILES string of the molecule is CCCS(=O)(=O)N1CCCc2ccc(NS(C)(=O)=O)cc21. The molecule has 21 heavy (non-hydrogen) atoms. The average molecular weight is 332 g/mol. The van der Waals surface area contributed by atoms with Gasteiger partial charge in [-0.25, -0.2) is 16.8 Å². The minimum absolute atomic E-state index is 0.0934. The largest absolute Gasteiger partial charge is 0.284 e. The molecule has 1 aromatic carbocycles. The summed E-state index contributed by atoms with van der Waals surface area (Å²) in [5, 5.41) is 0. The second kappa shape index (κ2) is 5.84. The van der Waals surface area contributed by atoms with E-state index in [1.165, 1.54) is 4.31 Å². The van der Waals surface area contributed by atoms with Crippen molar-refractivity contribution in [2.45, 2.75) is 26.2 Å². The zero-order valence-electron chi connectivity index (χ0n) is 12.2. The standard InChI is InChI=1S/C13H20N2O4S2/c1-3-9-21(18,19)15-8-4-5-11-6-7-12(10-13(11)15)14-20(2,16)17/h6-7,10,14H,3-5,8-9H2,1-2H3. The lowest BCUT2D eigenvalue weighted by Gasteiger charge is -2.30. The highest BCUT2D eigenvalue weighted by Crippen LogP contribution is 2.32. The van der Waals surface area contributed by atoms with Gasteiger partial charge in [0, 0.05) is 6.54 Å². The van der Waals surface area contributed by atoms with Crippen molar-refractivity contribution in [3.05, 3.63) is 23.8 Å². The normalized spacial score (nSPS) is 15.6. The summed E-state index contributed by atoms with van der Waals surface area (Å²) in [5.41, 5.74) is 1.90. The fourth-order valence-corrected chi connectivity index (χ4v) is 4.64. The van der Waals surface area contributed by atoms with Crippen LogP contribution < -0.4 is 9.03 Å². The molecule has 1 aliphatic rings. The Balaban J connectivity index is 2.43. The fourth-order valence-electron chi connectivity index (χ4n) is 2.48. The molecule has 0 amide bonds. The number of anilines is 2. The van der Waals surface area contributed by atoms with Crippen LogP contribution in [0, 0.1) is 0 Å². The maximum absolute atomic E-state index is 12.3. The summed E-state index contributed by atoms with van der Waals surface area (Å²) < 4.78 is 51.1. The first kappa shape index (κ1) is 16.1. The molecule has 8 heteroatoms. The predicted octanol–water partition coefficient (Wildman–Crippen LogP) is 1.55. The zero-order chi connectivity index (χ0) is 15.7. The molecule has 2 rings (SSSR count). The number of hydrogen-bond acceptors (Lipinski definition) is 4. The van der Waals surface area contributed by atoms with Crippen LogP contribution in [0.5, 0.6) is 0 Å². The first-order chi connectivity index (χ1) is 9.73. The molecule has 0 aliphatic carbocycles. The smallest absolute Gasteiger partial charge is 0.235 e. The zero-order valence-corrected chi connectivity index (χ0v) is 13.8. The summed E-state index contributed by atoms with van der Waals surface area (Å²) in [5.74, 6) is 0.0934. The summed E-state index contributed by atoms with van der Waals surface area (Å²) in [6.07, 6.45) is 3.19. The minimum atomic E-state index is -3.38. The van der Waals surface area contributed by atoms with Crippen LogP contribution in [0.3, 0.4) is 0 Å². The second-order valence-electron chi connectivity index (χ2n) is 5.21. The molecule has 0 saturated carbocycles. The van der Waals surface area contributed by atoms with E-state index in [1.54, 1.807) is 18.2 Å². The Bertz CT molecular complexity index is 727. The molecule has 1 heterocycles. The third-order valence-corrected chi connectivity index (χ3v) is 5.84. The van der Waals surface area contributed by atoms with E-state index in [4.69, 9.17) is 0 Å². The Morgan fingerprint density at radius 1 is 1.24 bits per heavy atom. The first-order valence-corrected chi connectivity index (χ1v) is 10.3. The van der Waals surface area contributed by atoms with Gasteiger partial charge in [-0.2, -0.15) is 0 Å². The first-order valence-electron chi connectivity index (χ1n) is 6.84. The summed E-state index contributed by atoms with van der Waals surface area (Å²) in [6, 6.07) is 5.05. The van der Waals surface area contributed by atoms with Gasteiger partial charge in [0.25, 0.3) is 0 Å². The Hall–Kier alpha value is -1.28. The molecule has 0 aromatic heterocycles. The lowest BCUT2D eigenvalue weighted by Crippen LogP contribution is -2.37. The van der Waals surface area contributed by atoms with Crippen LogP contribution in [-0.4, -0.2) is 35.4 Å². The van der Waals surface area contributed by atoms with Crippen LogP contribution in [0.1, 0.15) is 25.3 Å². The van der Waals surface area contributed by atoms with Crippen LogP contribution in [0.25, 0.3) is 0 Å². The molecule has 1 aliphatic heterocycles. The van der Waals surface area contributed by atoms with Crippen LogP contribution in [0.2, 0.25) is 0 Å². The molecule has 0 spiro atoms. The summed E-state index contributed by atoms with van der Waals surface area (Å²) in [7, 11) is -6.74. The van der Waals surface area contributed by atoms with Crippen molar-refractivity contribution in [1.29, 1.82) is 0 Å². The Morgan fingerprint density at radius 3 is 2.57 bits per heavy atom. The number of sulfonamides is 2. The molecular formula is C13H20N2O4S2. The third kappa shape index (κ3) is 3.88. The van der Waals surface area contributed by atoms with Gasteiger partial charge in [0.1, 0.15) is 0 Å². The molecule has 0 radical (unpaired) electrons. The lowest BCUT2D eigenvalue weighted by atomic mass is 10.0. The van der Waals surface area contributed by atoms with Crippen molar-refractivity contribution in [1.82, 2.24) is 0 Å². The van der Waals surface area contributed by atoms with E-state index in [9.17, 15) is 16.8 Å². The summed E-state index contributed by atoms with van der Waals surface area (Å²) in [4.78, 5) is 0. The van der Waals surface area contributed by atoms with Gasteiger partial charge in [-0.15, -0.1) is 0 Å². The van der Waals surface area contributed by atoms with E-state index >= 15 is 0 Å². The number of fused-ring (bicyclic) bond motifs is 1. The van der Waals surface area contributed by atoms with Crippen molar-refractivity contribution in [3.8, 4) is 0 Å². The number of rotatable bonds is 5. The molecule has 0 fully saturated rings. The molecule has 118 valence electrons. The lowest BCUT2D eigenvalue weighted by molar-refractivity contribution is 0.585. The quantitative estimate of drug-likeness (QED) is 0.887. The highest BCUT2D eigenvalue weighted by molar-refractivity contribution is 7.92. The number of benzene rings is 1. The van der Waals surface area contributed by atoms with Gasteiger partial charge in [0.05, 0.1) is 23.4 Å². The number of nitrogens with zero attached hydrogens (tertiary/aromatic N) is 1. The van der Waals surface area contributed by atoms with E-state index < -0.39 is 20.0 Å². The highest BCUT2D eigenvalue weighted by Gasteiger charge is 2.27. The Kier molecular flexibility index (Phi) is 4.48. The van der Waals surface area contributed by atoms with Crippen molar-refractivity contribution in [2.75, 3.05) is 27.6 Å². The van der Waals surface area contributed by atoms with Crippen LogP contribution in [-0.2, 0) is 26.5 Å². The maximum atomic E-state index is 12.3. The number of aryl methyl sites for hydroxylation is 1. The topological polar surface area (TPSA) is 83.6 Å². The van der Waals surface area contributed by atoms with E-state index in [0.29, 0.717) is 24.3 Å². The second-order valence-corrected chi connectivity index (χ2v) is 8.97. The fraction of sp³-hybridized carbons (Fsp3) is 0.538. The van der Waals surface area contributed by atoms with Gasteiger partial charge in [0.2, 0.25) is 20.0 Å².